The zero-order valence-corrected chi connectivity index (χ0v) is 15.2. The van der Waals surface area contributed by atoms with Crippen LogP contribution in [0.25, 0.3) is 0 Å². The molecule has 1 aliphatic carbocycles. The average molecular weight is 299 g/mol. The summed E-state index contributed by atoms with van der Waals surface area (Å²) in [5, 5.41) is 0. The van der Waals surface area contributed by atoms with Gasteiger partial charge in [0.15, 0.2) is 0 Å². The minimum absolute atomic E-state index is 0.173. The second kappa shape index (κ2) is 7.94. The maximum absolute atomic E-state index is 6.29. The van der Waals surface area contributed by atoms with E-state index in [0.29, 0.717) is 11.5 Å². The molecule has 21 heavy (non-hydrogen) atoms. The molecule has 1 fully saturated rings. The first-order chi connectivity index (χ1) is 9.77. The lowest BCUT2D eigenvalue weighted by molar-refractivity contribution is 0.0222. The van der Waals surface area contributed by atoms with E-state index in [2.05, 4.69) is 39.5 Å². The molecule has 0 aliphatic heterocycles. The van der Waals surface area contributed by atoms with Crippen molar-refractivity contribution in [1.29, 1.82) is 0 Å². The molecule has 0 aromatic rings. The standard InChI is InChI=1S/C18H38N2O/c1-15(2)20(12-13-21-6)18(14-19)10-7-8-16(9-11-18)17(3,4)5/h15-16H,7-14,19H2,1-6H3. The van der Waals surface area contributed by atoms with E-state index in [9.17, 15) is 0 Å². The molecule has 0 radical (unpaired) electrons. The maximum Gasteiger partial charge on any atom is 0.0590 e. The normalized spacial score (nSPS) is 28.1. The van der Waals surface area contributed by atoms with Gasteiger partial charge in [-0.15, -0.1) is 0 Å². The molecule has 3 nitrogen and oxygen atoms in total. The second-order valence-electron chi connectivity index (χ2n) is 8.20. The first-order valence-electron chi connectivity index (χ1n) is 8.72. The third-order valence-electron chi connectivity index (χ3n) is 5.53. The Bertz CT molecular complexity index is 298. The maximum atomic E-state index is 6.29. The number of methoxy groups -OCH3 is 1. The van der Waals surface area contributed by atoms with Gasteiger partial charge < -0.3 is 10.5 Å². The third-order valence-corrected chi connectivity index (χ3v) is 5.53. The van der Waals surface area contributed by atoms with Crippen LogP contribution in [0, 0.1) is 11.3 Å². The minimum Gasteiger partial charge on any atom is -0.383 e. The van der Waals surface area contributed by atoms with E-state index >= 15 is 0 Å². The van der Waals surface area contributed by atoms with E-state index in [1.807, 2.05) is 0 Å². The molecule has 3 heteroatoms. The topological polar surface area (TPSA) is 38.5 Å². The van der Waals surface area contributed by atoms with E-state index in [1.165, 1.54) is 32.1 Å². The van der Waals surface area contributed by atoms with Crippen molar-refractivity contribution in [2.45, 2.75) is 78.3 Å². The number of hydrogen-bond acceptors (Lipinski definition) is 3. The van der Waals surface area contributed by atoms with Crippen molar-refractivity contribution < 1.29 is 4.74 Å². The molecule has 0 aromatic heterocycles. The van der Waals surface area contributed by atoms with Crippen LogP contribution in [-0.2, 0) is 4.74 Å². The fraction of sp³-hybridized carbons (Fsp3) is 1.00. The van der Waals surface area contributed by atoms with Crippen molar-refractivity contribution in [2.24, 2.45) is 17.1 Å². The fourth-order valence-electron chi connectivity index (χ4n) is 4.10. The molecule has 0 saturated heterocycles. The minimum atomic E-state index is 0.173. The van der Waals surface area contributed by atoms with Gasteiger partial charge in [0.25, 0.3) is 0 Å². The molecule has 2 atom stereocenters. The molecule has 1 saturated carbocycles. The lowest BCUT2D eigenvalue weighted by Gasteiger charge is -2.46. The summed E-state index contributed by atoms with van der Waals surface area (Å²) in [4.78, 5) is 2.61. The molecule has 126 valence electrons. The first-order valence-corrected chi connectivity index (χ1v) is 8.72. The van der Waals surface area contributed by atoms with Gasteiger partial charge in [0.2, 0.25) is 0 Å². The van der Waals surface area contributed by atoms with Crippen LogP contribution in [0.15, 0.2) is 0 Å². The predicted octanol–water partition coefficient (Wildman–Crippen LogP) is 3.67. The highest BCUT2D eigenvalue weighted by Crippen LogP contribution is 2.41. The Morgan fingerprint density at radius 2 is 1.90 bits per heavy atom. The smallest absolute Gasteiger partial charge is 0.0590 e. The van der Waals surface area contributed by atoms with Crippen LogP contribution in [0.1, 0.15) is 66.7 Å². The Morgan fingerprint density at radius 1 is 1.24 bits per heavy atom. The molecule has 0 heterocycles. The van der Waals surface area contributed by atoms with Gasteiger partial charge in [-0.05, 0) is 50.9 Å². The number of nitrogens with two attached hydrogens (primary N) is 1. The van der Waals surface area contributed by atoms with E-state index in [0.717, 1.165) is 25.6 Å². The Hall–Kier alpha value is -0.120. The molecule has 1 rings (SSSR count). The zero-order valence-electron chi connectivity index (χ0n) is 15.2. The third kappa shape index (κ3) is 4.94. The van der Waals surface area contributed by atoms with Gasteiger partial charge in [-0.2, -0.15) is 0 Å². The first kappa shape index (κ1) is 18.9. The fourth-order valence-corrected chi connectivity index (χ4v) is 4.10. The molecule has 2 unspecified atom stereocenters. The summed E-state index contributed by atoms with van der Waals surface area (Å²) in [6.45, 7) is 14.3. The molecular formula is C18H38N2O. The molecule has 1 aliphatic rings. The lowest BCUT2D eigenvalue weighted by atomic mass is 9.76. The molecule has 0 bridgehead atoms. The highest BCUT2D eigenvalue weighted by atomic mass is 16.5. The van der Waals surface area contributed by atoms with Crippen LogP contribution in [0.4, 0.5) is 0 Å². The van der Waals surface area contributed by atoms with E-state index in [-0.39, 0.29) is 5.54 Å². The van der Waals surface area contributed by atoms with Gasteiger partial charge in [0.1, 0.15) is 0 Å². The van der Waals surface area contributed by atoms with Gasteiger partial charge in [0, 0.05) is 31.8 Å². The van der Waals surface area contributed by atoms with Crippen molar-refractivity contribution in [3.63, 3.8) is 0 Å². The molecular weight excluding hydrogens is 260 g/mol. The van der Waals surface area contributed by atoms with Crippen molar-refractivity contribution in [2.75, 3.05) is 26.8 Å². The summed E-state index contributed by atoms with van der Waals surface area (Å²) in [6, 6.07) is 0.523. The zero-order chi connectivity index (χ0) is 16.1. The molecule has 0 aromatic carbocycles. The summed E-state index contributed by atoms with van der Waals surface area (Å²) < 4.78 is 5.33. The van der Waals surface area contributed by atoms with Crippen LogP contribution in [0.3, 0.4) is 0 Å². The highest BCUT2D eigenvalue weighted by molar-refractivity contribution is 4.96. The SMILES string of the molecule is COCCN(C(C)C)C1(CN)CCCC(C(C)(C)C)CC1. The van der Waals surface area contributed by atoms with Crippen LogP contribution in [-0.4, -0.2) is 43.3 Å². The van der Waals surface area contributed by atoms with Gasteiger partial charge in [-0.3, -0.25) is 4.90 Å². The monoisotopic (exact) mass is 298 g/mol. The van der Waals surface area contributed by atoms with Crippen LogP contribution in [0.2, 0.25) is 0 Å². The number of ether oxygens (including phenoxy) is 1. The largest absolute Gasteiger partial charge is 0.383 e. The van der Waals surface area contributed by atoms with Crippen LogP contribution >= 0.6 is 0 Å². The summed E-state index contributed by atoms with van der Waals surface area (Å²) in [5.41, 5.74) is 6.88. The van der Waals surface area contributed by atoms with Gasteiger partial charge >= 0.3 is 0 Å². The van der Waals surface area contributed by atoms with Gasteiger partial charge in [-0.1, -0.05) is 27.2 Å². The predicted molar refractivity (Wildman–Crippen MR) is 91.5 cm³/mol. The quantitative estimate of drug-likeness (QED) is 0.760. The second-order valence-corrected chi connectivity index (χ2v) is 8.20. The van der Waals surface area contributed by atoms with Gasteiger partial charge in [-0.25, -0.2) is 0 Å². The Kier molecular flexibility index (Phi) is 7.15. The lowest BCUT2D eigenvalue weighted by Crippen LogP contribution is -2.57. The van der Waals surface area contributed by atoms with Crippen LogP contribution < -0.4 is 5.73 Å². The number of rotatable bonds is 6. The van der Waals surface area contributed by atoms with Gasteiger partial charge in [0.05, 0.1) is 6.61 Å². The van der Waals surface area contributed by atoms with Crippen molar-refractivity contribution in [3.05, 3.63) is 0 Å². The number of hydrogen-bond donors (Lipinski definition) is 1. The Labute approximate surface area is 132 Å². The summed E-state index contributed by atoms with van der Waals surface area (Å²) in [7, 11) is 1.79. The average Bonchev–Trinajstić information content (AvgIpc) is 2.62. The van der Waals surface area contributed by atoms with E-state index in [1.54, 1.807) is 7.11 Å². The van der Waals surface area contributed by atoms with E-state index < -0.39 is 0 Å². The number of nitrogens with zero attached hydrogens (tertiary/aromatic N) is 1. The van der Waals surface area contributed by atoms with Crippen molar-refractivity contribution in [1.82, 2.24) is 4.90 Å². The highest BCUT2D eigenvalue weighted by Gasteiger charge is 2.40. The molecule has 0 spiro atoms. The Morgan fingerprint density at radius 3 is 2.38 bits per heavy atom. The molecule has 2 N–H and O–H groups in total. The summed E-state index contributed by atoms with van der Waals surface area (Å²) >= 11 is 0. The van der Waals surface area contributed by atoms with Crippen LogP contribution in [0.5, 0.6) is 0 Å². The van der Waals surface area contributed by atoms with Crippen molar-refractivity contribution >= 4 is 0 Å². The van der Waals surface area contributed by atoms with Crippen molar-refractivity contribution in [3.8, 4) is 0 Å². The molecule has 0 amide bonds. The van der Waals surface area contributed by atoms with E-state index in [4.69, 9.17) is 10.5 Å². The Balaban J connectivity index is 2.87. The summed E-state index contributed by atoms with van der Waals surface area (Å²) in [5.74, 6) is 0.822. The summed E-state index contributed by atoms with van der Waals surface area (Å²) in [6.07, 6.45) is 6.42.